The summed E-state index contributed by atoms with van der Waals surface area (Å²) in [5.74, 6) is -3.58. The van der Waals surface area contributed by atoms with Crippen LogP contribution in [-0.2, 0) is 14.2 Å². The van der Waals surface area contributed by atoms with Crippen LogP contribution in [0, 0.1) is 0 Å². The van der Waals surface area contributed by atoms with Gasteiger partial charge in [-0.3, -0.25) is 4.79 Å². The first-order valence-corrected chi connectivity index (χ1v) is 13.0. The summed E-state index contributed by atoms with van der Waals surface area (Å²) < 4.78 is 27.5. The van der Waals surface area contributed by atoms with Crippen molar-refractivity contribution in [1.82, 2.24) is 0 Å². The number of ether oxygens (including phenoxy) is 4. The third-order valence-corrected chi connectivity index (χ3v) is 7.35. The van der Waals surface area contributed by atoms with E-state index in [2.05, 4.69) is 0 Å². The normalized spacial score (nSPS) is 33.0. The van der Waals surface area contributed by atoms with Crippen LogP contribution < -0.4 is 10.2 Å². The molecule has 1 aromatic heterocycles. The van der Waals surface area contributed by atoms with Gasteiger partial charge in [-0.05, 0) is 31.2 Å². The number of rotatable bonds is 6. The molecule has 2 aliphatic heterocycles. The molecule has 0 radical (unpaired) electrons. The van der Waals surface area contributed by atoms with E-state index in [1.807, 2.05) is 0 Å². The molecule has 2 aliphatic rings. The number of aliphatic hydroxyl groups excluding tert-OH is 6. The Kier molecular flexibility index (Phi) is 8.41. The summed E-state index contributed by atoms with van der Waals surface area (Å²) in [6.07, 6.45) is -16.3. The monoisotopic (exact) mass is 610 g/mol. The summed E-state index contributed by atoms with van der Waals surface area (Å²) in [6, 6.07) is 5.97. The van der Waals surface area contributed by atoms with Crippen molar-refractivity contribution < 1.29 is 74.4 Å². The number of aromatic hydroxyl groups is 4. The van der Waals surface area contributed by atoms with Crippen molar-refractivity contribution in [2.24, 2.45) is 0 Å². The zero-order valence-corrected chi connectivity index (χ0v) is 22.3. The lowest BCUT2D eigenvalue weighted by molar-refractivity contribution is -0.350. The first kappa shape index (κ1) is 30.7. The first-order valence-electron chi connectivity index (χ1n) is 13.0. The molecule has 2 aromatic carbocycles. The molecule has 2 saturated heterocycles. The van der Waals surface area contributed by atoms with Crippen LogP contribution in [0.4, 0.5) is 0 Å². The predicted octanol–water partition coefficient (Wildman–Crippen LogP) is -1.69. The fourth-order valence-corrected chi connectivity index (χ4v) is 4.92. The van der Waals surface area contributed by atoms with Gasteiger partial charge in [0.2, 0.25) is 23.2 Å². The van der Waals surface area contributed by atoms with Gasteiger partial charge in [0.1, 0.15) is 59.6 Å². The molecule has 0 bridgehead atoms. The van der Waals surface area contributed by atoms with Gasteiger partial charge in [-0.15, -0.1) is 0 Å². The van der Waals surface area contributed by atoms with E-state index in [0.717, 1.165) is 6.07 Å². The number of phenols is 3. The number of hydrogen-bond acceptors (Lipinski definition) is 16. The van der Waals surface area contributed by atoms with Crippen LogP contribution in [-0.4, -0.2) is 119 Å². The number of hydrogen-bond donors (Lipinski definition) is 10. The van der Waals surface area contributed by atoms with Crippen LogP contribution in [0.25, 0.3) is 22.3 Å². The van der Waals surface area contributed by atoms with Crippen molar-refractivity contribution in [3.8, 4) is 40.1 Å². The summed E-state index contributed by atoms with van der Waals surface area (Å²) in [5.41, 5.74) is -1.56. The smallest absolute Gasteiger partial charge is 0.238 e. The van der Waals surface area contributed by atoms with Crippen molar-refractivity contribution in [3.63, 3.8) is 0 Å². The Morgan fingerprint density at radius 2 is 1.49 bits per heavy atom. The number of aliphatic hydroxyl groups is 6. The molecule has 3 aromatic rings. The minimum Gasteiger partial charge on any atom is -0.508 e. The molecule has 234 valence electrons. The largest absolute Gasteiger partial charge is 0.508 e. The van der Waals surface area contributed by atoms with Crippen LogP contribution in [0.2, 0.25) is 0 Å². The Balaban J connectivity index is 1.46. The van der Waals surface area contributed by atoms with E-state index in [9.17, 15) is 55.9 Å². The zero-order chi connectivity index (χ0) is 31.3. The van der Waals surface area contributed by atoms with E-state index in [4.69, 9.17) is 23.4 Å². The minimum atomic E-state index is -1.88. The molecule has 3 heterocycles. The molecular weight excluding hydrogens is 580 g/mol. The van der Waals surface area contributed by atoms with Crippen molar-refractivity contribution in [2.75, 3.05) is 6.61 Å². The lowest BCUT2D eigenvalue weighted by atomic mass is 9.97. The second kappa shape index (κ2) is 11.8. The molecule has 0 amide bonds. The van der Waals surface area contributed by atoms with Gasteiger partial charge in [0, 0.05) is 11.6 Å². The molecule has 43 heavy (non-hydrogen) atoms. The van der Waals surface area contributed by atoms with E-state index in [-0.39, 0.29) is 11.3 Å². The molecule has 2 fully saturated rings. The SMILES string of the molecule is C[C@@H]1O[C@@H](Oc2cc(O)c3c(=O)c(O)c(-c4ccc(O)cc4)oc3c2O)[C@H](O)[C@@H](O[C@H]2O[C@@H](CO)[C@H](O)[C@@H](O)[C@@H]2O)[C@@H]1O. The highest BCUT2D eigenvalue weighted by Gasteiger charge is 2.50. The average Bonchev–Trinajstić information content (AvgIpc) is 2.98. The lowest BCUT2D eigenvalue weighted by Crippen LogP contribution is -2.64. The zero-order valence-electron chi connectivity index (χ0n) is 22.3. The van der Waals surface area contributed by atoms with Gasteiger partial charge < -0.3 is 74.4 Å². The maximum atomic E-state index is 12.9. The van der Waals surface area contributed by atoms with Gasteiger partial charge >= 0.3 is 0 Å². The number of benzene rings is 2. The predicted molar refractivity (Wildman–Crippen MR) is 140 cm³/mol. The second-order valence-electron chi connectivity index (χ2n) is 10.2. The molecule has 0 unspecified atom stereocenters. The Morgan fingerprint density at radius 1 is 0.814 bits per heavy atom. The van der Waals surface area contributed by atoms with Gasteiger partial charge in [0.05, 0.1) is 12.7 Å². The highest BCUT2D eigenvalue weighted by atomic mass is 16.7. The Bertz CT molecular complexity index is 1520. The lowest BCUT2D eigenvalue weighted by Gasteiger charge is -2.45. The van der Waals surface area contributed by atoms with Crippen LogP contribution in [0.1, 0.15) is 6.92 Å². The summed E-state index contributed by atoms with van der Waals surface area (Å²) in [5, 5.41) is 102. The maximum absolute atomic E-state index is 12.9. The van der Waals surface area contributed by atoms with Crippen LogP contribution in [0.15, 0.2) is 39.5 Å². The van der Waals surface area contributed by atoms with Gasteiger partial charge in [-0.1, -0.05) is 0 Å². The van der Waals surface area contributed by atoms with E-state index >= 15 is 0 Å². The third kappa shape index (κ3) is 5.44. The molecule has 0 spiro atoms. The molecule has 0 saturated carbocycles. The van der Waals surface area contributed by atoms with Gasteiger partial charge in [0.15, 0.2) is 23.4 Å². The Labute approximate surface area is 241 Å². The second-order valence-corrected chi connectivity index (χ2v) is 10.2. The number of fused-ring (bicyclic) bond motifs is 1. The fourth-order valence-electron chi connectivity index (χ4n) is 4.92. The highest BCUT2D eigenvalue weighted by Crippen LogP contribution is 2.43. The van der Waals surface area contributed by atoms with Crippen molar-refractivity contribution in [2.45, 2.75) is 68.3 Å². The summed E-state index contributed by atoms with van der Waals surface area (Å²) >= 11 is 0. The summed E-state index contributed by atoms with van der Waals surface area (Å²) in [4.78, 5) is 12.9. The van der Waals surface area contributed by atoms with Crippen LogP contribution in [0.5, 0.6) is 28.7 Å². The standard InChI is InChI=1S/C27H30O16/c1-8-15(31)25(43-26-21(37)19(35)16(32)13(7-28)41-26)22(38)27(39-8)40-12-6-11(30)14-18(34)20(36)23(42-24(14)17(12)33)9-2-4-10(29)5-3-9/h2-6,8,13,15-16,19,21-22,25-33,35-38H,7H2,1H3/t8-,13-,15+,16-,19+,21-,22+,25-,26+,27-/m0/s1. The van der Waals surface area contributed by atoms with Crippen molar-refractivity contribution in [1.29, 1.82) is 0 Å². The van der Waals surface area contributed by atoms with Gasteiger partial charge in [-0.2, -0.15) is 0 Å². The quantitative estimate of drug-likeness (QED) is 0.140. The average molecular weight is 611 g/mol. The maximum Gasteiger partial charge on any atom is 0.238 e. The van der Waals surface area contributed by atoms with E-state index in [1.165, 1.54) is 31.2 Å². The van der Waals surface area contributed by atoms with E-state index in [1.54, 1.807) is 0 Å². The molecule has 16 heteroatoms. The molecule has 16 nitrogen and oxygen atoms in total. The van der Waals surface area contributed by atoms with Crippen LogP contribution in [0.3, 0.4) is 0 Å². The molecule has 10 atom stereocenters. The van der Waals surface area contributed by atoms with E-state index < -0.39 is 113 Å². The fraction of sp³-hybridized carbons (Fsp3) is 0.444. The minimum absolute atomic E-state index is 0.109. The highest BCUT2D eigenvalue weighted by molar-refractivity contribution is 5.93. The topological polar surface area (TPSA) is 269 Å². The molecule has 5 rings (SSSR count). The summed E-state index contributed by atoms with van der Waals surface area (Å²) in [7, 11) is 0. The van der Waals surface area contributed by atoms with Gasteiger partial charge in [-0.25, -0.2) is 0 Å². The third-order valence-electron chi connectivity index (χ3n) is 7.35. The number of phenolic OH excluding ortho intramolecular Hbond substituents is 3. The van der Waals surface area contributed by atoms with Gasteiger partial charge in [0.25, 0.3) is 0 Å². The Hall–Kier alpha value is -3.71. The summed E-state index contributed by atoms with van der Waals surface area (Å²) in [6.45, 7) is 0.624. The van der Waals surface area contributed by atoms with Crippen LogP contribution >= 0.6 is 0 Å². The first-order chi connectivity index (χ1) is 20.3. The molecular formula is C27H30O16. The van der Waals surface area contributed by atoms with Crippen molar-refractivity contribution in [3.05, 3.63) is 40.6 Å². The molecule has 10 N–H and O–H groups in total. The molecule has 0 aliphatic carbocycles. The van der Waals surface area contributed by atoms with Crippen molar-refractivity contribution >= 4 is 11.0 Å². The van der Waals surface area contributed by atoms with E-state index in [0.29, 0.717) is 0 Å². The Morgan fingerprint density at radius 3 is 2.14 bits per heavy atom.